The maximum atomic E-state index is 12.4. The van der Waals surface area contributed by atoms with Crippen LogP contribution in [0.1, 0.15) is 42.0 Å². The first-order valence-electron chi connectivity index (χ1n) is 19.0. The fraction of sp³-hybridized carbons (Fsp3) is 0.0851. The SMILES string of the molecule is C/C(=N\NS(=O)(=O)c1ccc(C)cc1)c1ccc2c(c1)Nc1ccccc1S2.CC(c1ccccc1)c1ccc2c(c1)Nc1ccccc1S2.OB(O)c1ccccc1. The topological polar surface area (TPSA) is 123 Å². The summed E-state index contributed by atoms with van der Waals surface area (Å²) in [6, 6.07) is 55.3. The zero-order chi connectivity index (χ0) is 41.4. The summed E-state index contributed by atoms with van der Waals surface area (Å²) in [7, 11) is -5.04. The first kappa shape index (κ1) is 41.4. The van der Waals surface area contributed by atoms with E-state index in [0.29, 0.717) is 17.1 Å². The molecule has 7 aromatic rings. The summed E-state index contributed by atoms with van der Waals surface area (Å²) in [6.45, 7) is 5.96. The number of hydrogen-bond acceptors (Lipinski definition) is 9. The Morgan fingerprint density at radius 1 is 0.610 bits per heavy atom. The van der Waals surface area contributed by atoms with Gasteiger partial charge >= 0.3 is 7.12 Å². The molecule has 0 aliphatic carbocycles. The third kappa shape index (κ3) is 10.5. The quantitative estimate of drug-likeness (QED) is 0.0611. The molecule has 296 valence electrons. The molecular weight excluding hydrogens is 792 g/mol. The molecule has 1 unspecified atom stereocenters. The van der Waals surface area contributed by atoms with Gasteiger partial charge in [-0.25, -0.2) is 0 Å². The van der Waals surface area contributed by atoms with Gasteiger partial charge in [-0.3, -0.25) is 0 Å². The summed E-state index contributed by atoms with van der Waals surface area (Å²) in [5.74, 6) is 0.399. The van der Waals surface area contributed by atoms with Crippen molar-refractivity contribution >= 4 is 74.6 Å². The van der Waals surface area contributed by atoms with Crippen LogP contribution in [0.3, 0.4) is 0 Å². The molecule has 1 atom stereocenters. The monoisotopic (exact) mass is 834 g/mol. The lowest BCUT2D eigenvalue weighted by Crippen LogP contribution is -2.29. The van der Waals surface area contributed by atoms with Gasteiger partial charge in [-0.15, -0.1) is 0 Å². The summed E-state index contributed by atoms with van der Waals surface area (Å²) in [5, 5.41) is 28.3. The fourth-order valence-corrected chi connectivity index (χ4v) is 9.11. The predicted octanol–water partition coefficient (Wildman–Crippen LogP) is 10.3. The molecule has 2 aliphatic rings. The molecule has 0 fully saturated rings. The molecule has 0 spiro atoms. The Labute approximate surface area is 355 Å². The van der Waals surface area contributed by atoms with Gasteiger partial charge in [0.05, 0.1) is 33.4 Å². The highest BCUT2D eigenvalue weighted by molar-refractivity contribution is 8.00. The minimum Gasteiger partial charge on any atom is -0.423 e. The molecule has 12 heteroatoms. The van der Waals surface area contributed by atoms with Gasteiger partial charge in [-0.1, -0.05) is 145 Å². The van der Waals surface area contributed by atoms with Crippen molar-refractivity contribution in [1.82, 2.24) is 4.83 Å². The molecule has 0 radical (unpaired) electrons. The number of hydrogen-bond donors (Lipinski definition) is 5. The molecule has 0 saturated heterocycles. The zero-order valence-corrected chi connectivity index (χ0v) is 35.2. The van der Waals surface area contributed by atoms with Gasteiger partial charge in [0.15, 0.2) is 0 Å². The fourth-order valence-electron chi connectivity index (χ4n) is 6.31. The van der Waals surface area contributed by atoms with E-state index in [1.54, 1.807) is 67.2 Å². The lowest BCUT2D eigenvalue weighted by molar-refractivity contribution is 0.426. The van der Waals surface area contributed by atoms with Crippen molar-refractivity contribution in [3.05, 3.63) is 192 Å². The number of sulfonamides is 1. The van der Waals surface area contributed by atoms with Crippen molar-refractivity contribution in [1.29, 1.82) is 0 Å². The van der Waals surface area contributed by atoms with E-state index in [-0.39, 0.29) is 4.90 Å². The molecule has 0 aromatic heterocycles. The van der Waals surface area contributed by atoms with E-state index in [4.69, 9.17) is 10.0 Å². The molecule has 2 aliphatic heterocycles. The van der Waals surface area contributed by atoms with E-state index in [2.05, 4.69) is 106 Å². The third-order valence-electron chi connectivity index (χ3n) is 9.72. The van der Waals surface area contributed by atoms with Gasteiger partial charge in [-0.05, 0) is 96.7 Å². The van der Waals surface area contributed by atoms with Crippen LogP contribution in [0.4, 0.5) is 22.7 Å². The van der Waals surface area contributed by atoms with Crippen LogP contribution in [0.25, 0.3) is 0 Å². The van der Waals surface area contributed by atoms with Crippen LogP contribution in [0, 0.1) is 6.92 Å². The Balaban J connectivity index is 0.000000151. The number of fused-ring (bicyclic) bond motifs is 4. The Kier molecular flexibility index (Phi) is 13.3. The summed E-state index contributed by atoms with van der Waals surface area (Å²) in [5.41, 5.74) is 10.1. The number of anilines is 4. The van der Waals surface area contributed by atoms with Crippen molar-refractivity contribution in [2.24, 2.45) is 5.10 Å². The largest absolute Gasteiger partial charge is 0.488 e. The number of para-hydroxylation sites is 2. The molecule has 2 heterocycles. The van der Waals surface area contributed by atoms with E-state index >= 15 is 0 Å². The molecule has 8 nitrogen and oxygen atoms in total. The number of benzene rings is 7. The zero-order valence-electron chi connectivity index (χ0n) is 32.7. The number of nitrogens with one attached hydrogen (secondary N) is 3. The van der Waals surface area contributed by atoms with Gasteiger partial charge in [0.25, 0.3) is 10.0 Å². The van der Waals surface area contributed by atoms with Crippen LogP contribution in [-0.4, -0.2) is 31.3 Å². The number of hydrazone groups is 1. The highest BCUT2D eigenvalue weighted by atomic mass is 32.2. The maximum absolute atomic E-state index is 12.4. The van der Waals surface area contributed by atoms with E-state index in [1.165, 1.54) is 37.2 Å². The smallest absolute Gasteiger partial charge is 0.423 e. The average Bonchev–Trinajstić information content (AvgIpc) is 3.27. The van der Waals surface area contributed by atoms with Crippen molar-refractivity contribution in [3.8, 4) is 0 Å². The molecule has 59 heavy (non-hydrogen) atoms. The number of nitrogens with zero attached hydrogens (tertiary/aromatic N) is 1. The minimum absolute atomic E-state index is 0.190. The second-order valence-electron chi connectivity index (χ2n) is 13.9. The van der Waals surface area contributed by atoms with Gasteiger partial charge in [-0.2, -0.15) is 18.4 Å². The van der Waals surface area contributed by atoms with Gasteiger partial charge in [0, 0.05) is 25.5 Å². The molecule has 0 saturated carbocycles. The Bertz CT molecular complexity index is 2680. The van der Waals surface area contributed by atoms with Crippen LogP contribution >= 0.6 is 23.5 Å². The molecule has 5 N–H and O–H groups in total. The lowest BCUT2D eigenvalue weighted by Gasteiger charge is -2.22. The van der Waals surface area contributed by atoms with E-state index in [0.717, 1.165) is 27.4 Å². The second-order valence-corrected chi connectivity index (χ2v) is 17.8. The second kappa shape index (κ2) is 18.9. The van der Waals surface area contributed by atoms with Gasteiger partial charge in [0.1, 0.15) is 0 Å². The maximum Gasteiger partial charge on any atom is 0.488 e. The minimum atomic E-state index is -3.69. The van der Waals surface area contributed by atoms with Crippen LogP contribution in [-0.2, 0) is 10.0 Å². The predicted molar refractivity (Wildman–Crippen MR) is 245 cm³/mol. The first-order valence-corrected chi connectivity index (χ1v) is 22.1. The van der Waals surface area contributed by atoms with Gasteiger partial charge < -0.3 is 20.7 Å². The van der Waals surface area contributed by atoms with Crippen molar-refractivity contribution in [2.45, 2.75) is 51.2 Å². The van der Waals surface area contributed by atoms with Crippen molar-refractivity contribution in [2.75, 3.05) is 10.6 Å². The Morgan fingerprint density at radius 2 is 1.12 bits per heavy atom. The summed E-state index contributed by atoms with van der Waals surface area (Å²) in [4.78, 5) is 7.40. The average molecular weight is 835 g/mol. The molecule has 7 aromatic carbocycles. The molecule has 0 amide bonds. The molecular formula is C47H43BN4O4S3. The number of aryl methyl sites for hydroxylation is 1. The summed E-state index contributed by atoms with van der Waals surface area (Å²) >= 11 is 3.54. The Hall–Kier alpha value is -5.76. The standard InChI is InChI=1S/C21H19N3O2S2.C20H17NS.C6H7BO2/c1-14-7-10-17(11-8-14)28(25,26)24-23-15(2)16-9-12-21-19(13-16)22-18-5-3-4-6-20(18)27-21;1-14(15-7-3-2-4-8-15)16-11-12-20-18(13-16)21-17-9-5-6-10-19(17)22-20;8-7(9)6-4-2-1-3-5-6/h3-13,22,24H,1-2H3;2-14,21H,1H3;1-5,8-9H/b23-15+;;. The van der Waals surface area contributed by atoms with E-state index < -0.39 is 17.1 Å². The van der Waals surface area contributed by atoms with Crippen LogP contribution in [0.15, 0.2) is 199 Å². The highest BCUT2D eigenvalue weighted by Crippen LogP contribution is 2.46. The third-order valence-corrected chi connectivity index (χ3v) is 13.2. The lowest BCUT2D eigenvalue weighted by atomic mass is 9.81. The summed E-state index contributed by atoms with van der Waals surface area (Å²) < 4.78 is 24.8. The Morgan fingerprint density at radius 3 is 1.69 bits per heavy atom. The van der Waals surface area contributed by atoms with Crippen molar-refractivity contribution in [3.63, 3.8) is 0 Å². The van der Waals surface area contributed by atoms with Crippen LogP contribution < -0.4 is 20.9 Å². The van der Waals surface area contributed by atoms with Crippen molar-refractivity contribution < 1.29 is 18.5 Å². The van der Waals surface area contributed by atoms with E-state index in [1.807, 2.05) is 61.2 Å². The van der Waals surface area contributed by atoms with Crippen LogP contribution in [0.2, 0.25) is 0 Å². The van der Waals surface area contributed by atoms with Gasteiger partial charge in [0.2, 0.25) is 0 Å². The summed E-state index contributed by atoms with van der Waals surface area (Å²) in [6.07, 6.45) is 0. The molecule has 9 rings (SSSR count). The number of rotatable bonds is 7. The molecule has 0 bridgehead atoms. The normalized spacial score (nSPS) is 12.8. The first-order chi connectivity index (χ1) is 28.5. The highest BCUT2D eigenvalue weighted by Gasteiger charge is 2.19. The van der Waals surface area contributed by atoms with E-state index in [9.17, 15) is 8.42 Å². The van der Waals surface area contributed by atoms with Crippen LogP contribution in [0.5, 0.6) is 0 Å².